The molecule has 158 valence electrons. The number of aliphatic hydroxyl groups is 1. The summed E-state index contributed by atoms with van der Waals surface area (Å²) in [6, 6.07) is 21.1. The van der Waals surface area contributed by atoms with Crippen LogP contribution in [0.1, 0.15) is 11.3 Å². The Morgan fingerprint density at radius 2 is 1.40 bits per heavy atom. The molecule has 0 spiro atoms. The van der Waals surface area contributed by atoms with Gasteiger partial charge >= 0.3 is 0 Å². The van der Waals surface area contributed by atoms with Crippen molar-refractivity contribution in [1.82, 2.24) is 4.57 Å². The summed E-state index contributed by atoms with van der Waals surface area (Å²) < 4.78 is 38.3. The van der Waals surface area contributed by atoms with Gasteiger partial charge in [0.1, 0.15) is 6.10 Å². The number of halogens is 1. The zero-order valence-corrected chi connectivity index (χ0v) is 17.5. The monoisotopic (exact) mass is 430 g/mol. The lowest BCUT2D eigenvalue weighted by molar-refractivity contribution is -2.00. The molecule has 0 radical (unpaired) electrons. The van der Waals surface area contributed by atoms with E-state index in [9.17, 15) is 5.11 Å². The molecule has 0 aliphatic rings. The summed E-state index contributed by atoms with van der Waals surface area (Å²) in [6.07, 6.45) is 1.60. The van der Waals surface area contributed by atoms with E-state index in [2.05, 4.69) is 89.8 Å². The van der Waals surface area contributed by atoms with Crippen molar-refractivity contribution < 1.29 is 38.6 Å². The zero-order valence-electron chi connectivity index (χ0n) is 16.7. The number of benzene rings is 2. The van der Waals surface area contributed by atoms with Crippen molar-refractivity contribution in [3.8, 4) is 0 Å². The second-order valence-electron chi connectivity index (χ2n) is 7.17. The number of para-hydroxylation sites is 2. The molecule has 0 fully saturated rings. The third kappa shape index (κ3) is 5.54. The Bertz CT molecular complexity index is 1090. The number of fused-ring (bicyclic) bond motifs is 3. The van der Waals surface area contributed by atoms with Crippen LogP contribution >= 0.6 is 0 Å². The van der Waals surface area contributed by atoms with E-state index < -0.39 is 16.3 Å². The topological polar surface area (TPSA) is 121 Å². The van der Waals surface area contributed by atoms with Gasteiger partial charge in [-0.25, -0.2) is 18.6 Å². The molecule has 2 heterocycles. The molecule has 30 heavy (non-hydrogen) atoms. The maximum absolute atomic E-state index is 10.7. The molecule has 7 nitrogen and oxygen atoms in total. The lowest BCUT2D eigenvalue weighted by atomic mass is 10.2. The van der Waals surface area contributed by atoms with Gasteiger partial charge < -0.3 is 9.67 Å². The fraction of sp³-hybridized carbons (Fsp3) is 0.227. The van der Waals surface area contributed by atoms with Crippen LogP contribution in [0.15, 0.2) is 66.9 Å². The summed E-state index contributed by atoms with van der Waals surface area (Å²) >= 11 is 0. The standard InChI is InChI=1S/C22H23N2O.ClHO4/c1-16-11-12-23(17(2)13-16)14-18(25)15-24-21-9-5-3-7-19(21)20-8-4-6-10-22(20)24;2-1(3,4)5/h3-13,18,25H,14-15H2,1-2H3;(H,2,3,4,5)/q+1;/p-1. The zero-order chi connectivity index (χ0) is 21.9. The summed E-state index contributed by atoms with van der Waals surface area (Å²) in [5.41, 5.74) is 4.76. The molecule has 2 aromatic carbocycles. The number of aromatic nitrogens is 2. The van der Waals surface area contributed by atoms with Gasteiger partial charge in [0.05, 0.1) is 6.54 Å². The molecule has 1 atom stereocenters. The second-order valence-corrected chi connectivity index (χ2v) is 7.93. The Morgan fingerprint density at radius 3 is 1.90 bits per heavy atom. The third-order valence-corrected chi connectivity index (χ3v) is 4.89. The Morgan fingerprint density at radius 1 is 0.900 bits per heavy atom. The number of rotatable bonds is 4. The van der Waals surface area contributed by atoms with Gasteiger partial charge in [0.25, 0.3) is 0 Å². The van der Waals surface area contributed by atoms with Crippen LogP contribution in [0, 0.1) is 24.1 Å². The lowest BCUT2D eigenvalue weighted by Crippen LogP contribution is -2.68. The molecule has 8 heteroatoms. The predicted octanol–water partition coefficient (Wildman–Crippen LogP) is -0.996. The van der Waals surface area contributed by atoms with E-state index >= 15 is 0 Å². The van der Waals surface area contributed by atoms with Crippen molar-refractivity contribution in [3.63, 3.8) is 0 Å². The minimum atomic E-state index is -4.94. The van der Waals surface area contributed by atoms with E-state index in [1.54, 1.807) is 0 Å². The number of hydrogen-bond acceptors (Lipinski definition) is 5. The van der Waals surface area contributed by atoms with Gasteiger partial charge in [-0.1, -0.05) is 36.4 Å². The van der Waals surface area contributed by atoms with Crippen LogP contribution in [0.25, 0.3) is 21.8 Å². The Hall–Kier alpha value is -2.52. The number of pyridine rings is 1. The highest BCUT2D eigenvalue weighted by Crippen LogP contribution is 2.28. The first kappa shape index (κ1) is 22.2. The quantitative estimate of drug-likeness (QED) is 0.416. The van der Waals surface area contributed by atoms with E-state index in [0.29, 0.717) is 13.1 Å². The smallest absolute Gasteiger partial charge is 0.178 e. The highest BCUT2D eigenvalue weighted by Gasteiger charge is 2.17. The minimum absolute atomic E-state index is 0.453. The molecular weight excluding hydrogens is 408 g/mol. The SMILES string of the molecule is Cc1cc[n+](CC(O)Cn2c3ccccc3c3ccccc32)c(C)c1.[O-][Cl+3]([O-])([O-])[O-]. The average molecular weight is 431 g/mol. The van der Waals surface area contributed by atoms with E-state index in [-0.39, 0.29) is 0 Å². The van der Waals surface area contributed by atoms with Crippen molar-refractivity contribution in [1.29, 1.82) is 0 Å². The highest BCUT2D eigenvalue weighted by atomic mass is 35.7. The van der Waals surface area contributed by atoms with Gasteiger partial charge in [0, 0.05) is 40.9 Å². The predicted molar refractivity (Wildman–Crippen MR) is 102 cm³/mol. The van der Waals surface area contributed by atoms with Crippen LogP contribution in [0.5, 0.6) is 0 Å². The van der Waals surface area contributed by atoms with Crippen molar-refractivity contribution in [2.75, 3.05) is 0 Å². The van der Waals surface area contributed by atoms with E-state index in [4.69, 9.17) is 18.6 Å². The van der Waals surface area contributed by atoms with E-state index in [1.165, 1.54) is 33.1 Å². The summed E-state index contributed by atoms with van der Waals surface area (Å²) in [5.74, 6) is 0. The number of nitrogens with zero attached hydrogens (tertiary/aromatic N) is 2. The van der Waals surface area contributed by atoms with Crippen LogP contribution in [0.2, 0.25) is 0 Å². The average Bonchev–Trinajstić information content (AvgIpc) is 2.97. The second kappa shape index (κ2) is 9.09. The van der Waals surface area contributed by atoms with E-state index in [1.807, 2.05) is 0 Å². The third-order valence-electron chi connectivity index (χ3n) is 4.89. The minimum Gasteiger partial charge on any atom is -0.385 e. The first-order valence-corrected chi connectivity index (χ1v) is 10.6. The fourth-order valence-corrected chi connectivity index (χ4v) is 3.69. The van der Waals surface area contributed by atoms with Gasteiger partial charge in [0.15, 0.2) is 18.4 Å². The first-order valence-electron chi connectivity index (χ1n) is 9.36. The molecule has 0 saturated heterocycles. The number of aliphatic hydroxyl groups excluding tert-OH is 1. The van der Waals surface area contributed by atoms with Crippen LogP contribution in [-0.2, 0) is 13.1 Å². The maximum Gasteiger partial charge on any atom is 0.178 e. The normalized spacial score (nSPS) is 12.6. The lowest BCUT2D eigenvalue weighted by Gasteiger charge is -2.17. The highest BCUT2D eigenvalue weighted by molar-refractivity contribution is 6.07. The van der Waals surface area contributed by atoms with Gasteiger partial charge in [-0.15, -0.1) is 10.2 Å². The summed E-state index contributed by atoms with van der Waals surface area (Å²) in [6.45, 7) is 5.34. The fourth-order valence-electron chi connectivity index (χ4n) is 3.69. The van der Waals surface area contributed by atoms with E-state index in [0.717, 1.165) is 0 Å². The summed E-state index contributed by atoms with van der Waals surface area (Å²) in [7, 11) is -4.94. The molecule has 0 bridgehead atoms. The molecule has 0 saturated carbocycles. The number of aryl methyl sites for hydroxylation is 2. The van der Waals surface area contributed by atoms with Crippen LogP contribution in [0.4, 0.5) is 0 Å². The Kier molecular flexibility index (Phi) is 6.72. The Labute approximate surface area is 176 Å². The molecule has 1 unspecified atom stereocenters. The van der Waals surface area contributed by atoms with Crippen LogP contribution < -0.4 is 23.2 Å². The molecule has 1 N–H and O–H groups in total. The van der Waals surface area contributed by atoms with Crippen molar-refractivity contribution >= 4 is 21.8 Å². The maximum atomic E-state index is 10.7. The van der Waals surface area contributed by atoms with Crippen molar-refractivity contribution in [2.45, 2.75) is 33.0 Å². The van der Waals surface area contributed by atoms with Gasteiger partial charge in [-0.3, -0.25) is 0 Å². The van der Waals surface area contributed by atoms with Crippen LogP contribution in [-0.4, -0.2) is 15.8 Å². The molecule has 0 amide bonds. The molecule has 4 aromatic rings. The molecular formula is C22H23ClN2O5. The first-order chi connectivity index (χ1) is 14.1. The molecule has 2 aromatic heterocycles. The summed E-state index contributed by atoms with van der Waals surface area (Å²) in [5, 5.41) is 13.2. The van der Waals surface area contributed by atoms with Crippen molar-refractivity contribution in [2.24, 2.45) is 0 Å². The van der Waals surface area contributed by atoms with Gasteiger partial charge in [-0.2, -0.15) is 4.57 Å². The van der Waals surface area contributed by atoms with Gasteiger partial charge in [0.2, 0.25) is 0 Å². The molecule has 0 aliphatic heterocycles. The Balaban J connectivity index is 0.000000461. The van der Waals surface area contributed by atoms with Crippen molar-refractivity contribution in [3.05, 3.63) is 78.1 Å². The van der Waals surface area contributed by atoms with Gasteiger partial charge in [-0.05, 0) is 24.6 Å². The molecule has 4 rings (SSSR count). The number of hydrogen-bond donors (Lipinski definition) is 1. The largest absolute Gasteiger partial charge is 0.385 e. The molecule has 0 aliphatic carbocycles. The van der Waals surface area contributed by atoms with Crippen LogP contribution in [0.3, 0.4) is 0 Å². The summed E-state index contributed by atoms with van der Waals surface area (Å²) in [4.78, 5) is 0.